The molecule has 0 unspecified atom stereocenters. The number of piperidine rings is 1. The summed E-state index contributed by atoms with van der Waals surface area (Å²) >= 11 is 0. The Bertz CT molecular complexity index is 420. The van der Waals surface area contributed by atoms with Crippen molar-refractivity contribution in [2.75, 3.05) is 32.9 Å². The SMILES string of the molecule is CN(CC(C)(C)O)C(=O)C1CCN(S(C)(=O)=O)CC1. The maximum Gasteiger partial charge on any atom is 0.225 e. The van der Waals surface area contributed by atoms with E-state index < -0.39 is 15.6 Å². The number of hydrogen-bond donors (Lipinski definition) is 1. The van der Waals surface area contributed by atoms with Gasteiger partial charge in [0, 0.05) is 32.6 Å². The van der Waals surface area contributed by atoms with E-state index in [0.29, 0.717) is 25.9 Å². The molecule has 0 atom stereocenters. The molecule has 1 rings (SSSR count). The zero-order chi connectivity index (χ0) is 14.8. The zero-order valence-electron chi connectivity index (χ0n) is 12.1. The van der Waals surface area contributed by atoms with Crippen LogP contribution in [0.15, 0.2) is 0 Å². The number of carbonyl (C=O) groups excluding carboxylic acids is 1. The Morgan fingerprint density at radius 1 is 1.37 bits per heavy atom. The van der Waals surface area contributed by atoms with Crippen molar-refractivity contribution < 1.29 is 18.3 Å². The summed E-state index contributed by atoms with van der Waals surface area (Å²) in [5, 5.41) is 9.70. The van der Waals surface area contributed by atoms with Crippen molar-refractivity contribution >= 4 is 15.9 Å². The lowest BCUT2D eigenvalue weighted by atomic mass is 9.96. The molecule has 1 saturated heterocycles. The highest BCUT2D eigenvalue weighted by Gasteiger charge is 2.31. The van der Waals surface area contributed by atoms with Gasteiger partial charge in [0.15, 0.2) is 0 Å². The predicted octanol–water partition coefficient (Wildman–Crippen LogP) is -0.113. The lowest BCUT2D eigenvalue weighted by Gasteiger charge is -2.33. The standard InChI is InChI=1S/C12H24N2O4S/c1-12(2,16)9-13(3)11(15)10-5-7-14(8-6-10)19(4,17)18/h10,16H,5-9H2,1-4H3. The first-order valence-electron chi connectivity index (χ1n) is 6.43. The fraction of sp³-hybridized carbons (Fsp3) is 0.917. The quantitative estimate of drug-likeness (QED) is 0.784. The molecule has 1 aliphatic rings. The number of likely N-dealkylation sites (N-methyl/N-ethyl adjacent to an activating group) is 1. The molecular weight excluding hydrogens is 268 g/mol. The summed E-state index contributed by atoms with van der Waals surface area (Å²) in [6.45, 7) is 4.38. The number of sulfonamides is 1. The monoisotopic (exact) mass is 292 g/mol. The third-order valence-corrected chi connectivity index (χ3v) is 4.58. The van der Waals surface area contributed by atoms with E-state index in [1.807, 2.05) is 0 Å². The highest BCUT2D eigenvalue weighted by molar-refractivity contribution is 7.88. The molecule has 0 radical (unpaired) electrons. The van der Waals surface area contributed by atoms with Crippen LogP contribution in [0.3, 0.4) is 0 Å². The molecule has 0 saturated carbocycles. The van der Waals surface area contributed by atoms with Gasteiger partial charge in [-0.15, -0.1) is 0 Å². The smallest absolute Gasteiger partial charge is 0.225 e. The minimum absolute atomic E-state index is 0.0183. The van der Waals surface area contributed by atoms with Crippen LogP contribution >= 0.6 is 0 Å². The topological polar surface area (TPSA) is 77.9 Å². The Balaban J connectivity index is 2.54. The van der Waals surface area contributed by atoms with Crippen molar-refractivity contribution in [3.8, 4) is 0 Å². The molecular formula is C12H24N2O4S. The van der Waals surface area contributed by atoms with Gasteiger partial charge in [-0.2, -0.15) is 0 Å². The summed E-state index contributed by atoms with van der Waals surface area (Å²) in [6.07, 6.45) is 2.28. The van der Waals surface area contributed by atoms with Crippen LogP contribution < -0.4 is 0 Å². The van der Waals surface area contributed by atoms with Crippen LogP contribution in [0.2, 0.25) is 0 Å². The molecule has 0 aromatic heterocycles. The van der Waals surface area contributed by atoms with Crippen LogP contribution in [0.4, 0.5) is 0 Å². The Labute approximate surface area is 115 Å². The van der Waals surface area contributed by atoms with Gasteiger partial charge in [-0.25, -0.2) is 12.7 Å². The molecule has 1 N–H and O–H groups in total. The van der Waals surface area contributed by atoms with Crippen LogP contribution in [0.25, 0.3) is 0 Å². The van der Waals surface area contributed by atoms with E-state index in [2.05, 4.69) is 0 Å². The molecule has 19 heavy (non-hydrogen) atoms. The number of aliphatic hydroxyl groups is 1. The first-order chi connectivity index (χ1) is 8.50. The normalized spacial score (nSPS) is 19.4. The second-order valence-corrected chi connectivity index (χ2v) is 7.93. The van der Waals surface area contributed by atoms with Gasteiger partial charge in [-0.3, -0.25) is 4.79 Å². The average molecular weight is 292 g/mol. The second-order valence-electron chi connectivity index (χ2n) is 5.94. The lowest BCUT2D eigenvalue weighted by molar-refractivity contribution is -0.138. The minimum atomic E-state index is -3.16. The van der Waals surface area contributed by atoms with Gasteiger partial charge in [-0.05, 0) is 26.7 Å². The van der Waals surface area contributed by atoms with Crippen LogP contribution in [-0.4, -0.2) is 67.2 Å². The van der Waals surface area contributed by atoms with E-state index in [1.54, 1.807) is 20.9 Å². The maximum absolute atomic E-state index is 12.2. The van der Waals surface area contributed by atoms with Crippen molar-refractivity contribution in [1.29, 1.82) is 0 Å². The Hall–Kier alpha value is -0.660. The first kappa shape index (κ1) is 16.4. The van der Waals surface area contributed by atoms with Gasteiger partial charge in [0.1, 0.15) is 0 Å². The van der Waals surface area contributed by atoms with E-state index in [1.165, 1.54) is 15.5 Å². The van der Waals surface area contributed by atoms with Gasteiger partial charge in [-0.1, -0.05) is 0 Å². The Morgan fingerprint density at radius 3 is 2.21 bits per heavy atom. The van der Waals surface area contributed by atoms with Crippen molar-refractivity contribution in [2.45, 2.75) is 32.3 Å². The number of rotatable bonds is 4. The summed E-state index contributed by atoms with van der Waals surface area (Å²) in [6, 6.07) is 0. The first-order valence-corrected chi connectivity index (χ1v) is 8.28. The molecule has 0 aliphatic carbocycles. The number of carbonyl (C=O) groups is 1. The van der Waals surface area contributed by atoms with Gasteiger partial charge >= 0.3 is 0 Å². The van der Waals surface area contributed by atoms with Gasteiger partial charge in [0.2, 0.25) is 15.9 Å². The minimum Gasteiger partial charge on any atom is -0.389 e. The van der Waals surface area contributed by atoms with Crippen molar-refractivity contribution in [2.24, 2.45) is 5.92 Å². The molecule has 7 heteroatoms. The molecule has 112 valence electrons. The van der Waals surface area contributed by atoms with Crippen LogP contribution in [-0.2, 0) is 14.8 Å². The number of hydrogen-bond acceptors (Lipinski definition) is 4. The van der Waals surface area contributed by atoms with Gasteiger partial charge in [0.05, 0.1) is 11.9 Å². The zero-order valence-corrected chi connectivity index (χ0v) is 12.9. The maximum atomic E-state index is 12.2. The van der Waals surface area contributed by atoms with E-state index in [0.717, 1.165) is 0 Å². The summed E-state index contributed by atoms with van der Waals surface area (Å²) in [4.78, 5) is 13.7. The molecule has 1 aliphatic heterocycles. The molecule has 0 spiro atoms. The predicted molar refractivity (Wildman–Crippen MR) is 73.1 cm³/mol. The molecule has 0 aromatic rings. The number of nitrogens with zero attached hydrogens (tertiary/aromatic N) is 2. The summed E-state index contributed by atoms with van der Waals surface area (Å²) < 4.78 is 24.2. The highest BCUT2D eigenvalue weighted by Crippen LogP contribution is 2.21. The molecule has 1 amide bonds. The average Bonchev–Trinajstić information content (AvgIpc) is 2.24. The Morgan fingerprint density at radius 2 is 1.84 bits per heavy atom. The van der Waals surface area contributed by atoms with Gasteiger partial charge < -0.3 is 10.0 Å². The van der Waals surface area contributed by atoms with Crippen molar-refractivity contribution in [3.05, 3.63) is 0 Å². The third kappa shape index (κ3) is 5.08. The second kappa shape index (κ2) is 5.76. The van der Waals surface area contributed by atoms with E-state index in [9.17, 15) is 18.3 Å². The molecule has 0 bridgehead atoms. The third-order valence-electron chi connectivity index (χ3n) is 3.27. The molecule has 0 aromatic carbocycles. The molecule has 1 heterocycles. The lowest BCUT2D eigenvalue weighted by Crippen LogP contribution is -2.46. The van der Waals surface area contributed by atoms with Crippen LogP contribution in [0, 0.1) is 5.92 Å². The summed E-state index contributed by atoms with van der Waals surface area (Å²) in [7, 11) is -1.49. The summed E-state index contributed by atoms with van der Waals surface area (Å²) in [5.74, 6) is -0.166. The van der Waals surface area contributed by atoms with E-state index in [-0.39, 0.29) is 18.4 Å². The highest BCUT2D eigenvalue weighted by atomic mass is 32.2. The van der Waals surface area contributed by atoms with E-state index in [4.69, 9.17) is 0 Å². The van der Waals surface area contributed by atoms with Crippen LogP contribution in [0.1, 0.15) is 26.7 Å². The van der Waals surface area contributed by atoms with Crippen LogP contribution in [0.5, 0.6) is 0 Å². The fourth-order valence-corrected chi connectivity index (χ4v) is 3.28. The van der Waals surface area contributed by atoms with E-state index >= 15 is 0 Å². The largest absolute Gasteiger partial charge is 0.389 e. The molecule has 6 nitrogen and oxygen atoms in total. The van der Waals surface area contributed by atoms with Crippen molar-refractivity contribution in [3.63, 3.8) is 0 Å². The van der Waals surface area contributed by atoms with Crippen molar-refractivity contribution in [1.82, 2.24) is 9.21 Å². The molecule has 1 fully saturated rings. The fourth-order valence-electron chi connectivity index (χ4n) is 2.40. The number of amides is 1. The summed E-state index contributed by atoms with van der Waals surface area (Å²) in [5.41, 5.74) is -0.919. The van der Waals surface area contributed by atoms with Gasteiger partial charge in [0.25, 0.3) is 0 Å². The Kier molecular flexibility index (Phi) is 4.97.